The first-order chi connectivity index (χ1) is 6.91. The lowest BCUT2D eigenvalue weighted by Crippen LogP contribution is -2.34. The van der Waals surface area contributed by atoms with Gasteiger partial charge in [-0.15, -0.1) is 0 Å². The molecule has 2 aliphatic carbocycles. The van der Waals surface area contributed by atoms with Crippen molar-refractivity contribution in [2.75, 3.05) is 0 Å². The summed E-state index contributed by atoms with van der Waals surface area (Å²) in [6, 6.07) is 0. The summed E-state index contributed by atoms with van der Waals surface area (Å²) in [5, 5.41) is 9.93. The van der Waals surface area contributed by atoms with Gasteiger partial charge < -0.3 is 5.11 Å². The Morgan fingerprint density at radius 3 is 2.33 bits per heavy atom. The van der Waals surface area contributed by atoms with Crippen LogP contribution in [0.15, 0.2) is 0 Å². The molecule has 0 heterocycles. The number of rotatable bonds is 1. The van der Waals surface area contributed by atoms with E-state index in [9.17, 15) is 9.90 Å². The molecular formula is C13H22O2. The van der Waals surface area contributed by atoms with Crippen molar-refractivity contribution in [3.05, 3.63) is 0 Å². The molecule has 2 heteroatoms. The number of carbonyl (C=O) groups is 1. The molecular weight excluding hydrogens is 188 g/mol. The maximum absolute atomic E-state index is 12.2. The number of carbonyl (C=O) groups excluding carboxylic acids is 1. The third-order valence-corrected chi connectivity index (χ3v) is 4.21. The Labute approximate surface area is 92.1 Å². The molecule has 15 heavy (non-hydrogen) atoms. The van der Waals surface area contributed by atoms with Crippen LogP contribution in [0.1, 0.15) is 46.5 Å². The molecule has 2 rings (SSSR count). The van der Waals surface area contributed by atoms with Crippen LogP contribution < -0.4 is 0 Å². The van der Waals surface area contributed by atoms with Crippen molar-refractivity contribution < 1.29 is 9.90 Å². The third-order valence-electron chi connectivity index (χ3n) is 4.21. The Morgan fingerprint density at radius 1 is 1.13 bits per heavy atom. The fourth-order valence-corrected chi connectivity index (χ4v) is 3.47. The molecule has 0 bridgehead atoms. The third kappa shape index (κ3) is 1.84. The topological polar surface area (TPSA) is 37.3 Å². The fourth-order valence-electron chi connectivity index (χ4n) is 3.47. The molecule has 0 aromatic carbocycles. The van der Waals surface area contributed by atoms with Gasteiger partial charge in [0, 0.05) is 11.3 Å². The fraction of sp³-hybridized carbons (Fsp3) is 0.923. The summed E-state index contributed by atoms with van der Waals surface area (Å²) in [4.78, 5) is 12.2. The first-order valence-electron chi connectivity index (χ1n) is 6.13. The molecule has 0 aromatic heterocycles. The van der Waals surface area contributed by atoms with Crippen LogP contribution in [-0.4, -0.2) is 17.0 Å². The largest absolute Gasteiger partial charge is 0.393 e. The predicted octanol–water partition coefficient (Wildman–Crippen LogP) is 2.40. The number of hydrogen-bond acceptors (Lipinski definition) is 2. The highest BCUT2D eigenvalue weighted by Crippen LogP contribution is 2.49. The van der Waals surface area contributed by atoms with Gasteiger partial charge >= 0.3 is 0 Å². The van der Waals surface area contributed by atoms with Gasteiger partial charge in [0.15, 0.2) is 0 Å². The summed E-state index contributed by atoms with van der Waals surface area (Å²) in [5.74, 6) is 1.39. The van der Waals surface area contributed by atoms with E-state index < -0.39 is 0 Å². The molecule has 4 atom stereocenters. The Hall–Kier alpha value is -0.370. The molecule has 0 aromatic rings. The molecule has 1 N–H and O–H groups in total. The van der Waals surface area contributed by atoms with Crippen molar-refractivity contribution in [1.29, 1.82) is 0 Å². The second-order valence-corrected chi connectivity index (χ2v) is 6.28. The highest BCUT2D eigenvalue weighted by atomic mass is 16.3. The molecule has 2 aliphatic rings. The number of aliphatic hydroxyl groups is 1. The van der Waals surface area contributed by atoms with Crippen LogP contribution in [0.4, 0.5) is 0 Å². The Kier molecular flexibility index (Phi) is 2.66. The van der Waals surface area contributed by atoms with Crippen LogP contribution in [0.2, 0.25) is 0 Å². The minimum Gasteiger partial charge on any atom is -0.393 e. The maximum atomic E-state index is 12.2. The van der Waals surface area contributed by atoms with Crippen molar-refractivity contribution in [2.24, 2.45) is 23.2 Å². The van der Waals surface area contributed by atoms with Gasteiger partial charge in [-0.3, -0.25) is 4.79 Å². The lowest BCUT2D eigenvalue weighted by atomic mass is 9.77. The average Bonchev–Trinajstić information content (AvgIpc) is 2.66. The van der Waals surface area contributed by atoms with Gasteiger partial charge in [-0.2, -0.15) is 0 Å². The van der Waals surface area contributed by atoms with Gasteiger partial charge in [-0.1, -0.05) is 20.8 Å². The van der Waals surface area contributed by atoms with Crippen LogP contribution >= 0.6 is 0 Å². The smallest absolute Gasteiger partial charge is 0.141 e. The Morgan fingerprint density at radius 2 is 1.73 bits per heavy atom. The molecule has 0 radical (unpaired) electrons. The Balaban J connectivity index is 2.14. The standard InChI is InChI=1S/C13H22O2/c1-13(2,3)12(15)9-6-4-8-5-7-10(14)11(8)9/h8-11,14H,4-7H2,1-3H3/t8-,9-,10+,11+/m0/s1. The number of fused-ring (bicyclic) bond motifs is 1. The van der Waals surface area contributed by atoms with Crippen molar-refractivity contribution >= 4 is 5.78 Å². The zero-order valence-electron chi connectivity index (χ0n) is 9.99. The molecule has 0 saturated heterocycles. The van der Waals surface area contributed by atoms with Gasteiger partial charge in [0.2, 0.25) is 0 Å². The lowest BCUT2D eigenvalue weighted by Gasteiger charge is -2.27. The second-order valence-electron chi connectivity index (χ2n) is 6.28. The first-order valence-corrected chi connectivity index (χ1v) is 6.13. The molecule has 0 unspecified atom stereocenters. The van der Waals surface area contributed by atoms with Crippen LogP contribution in [0.5, 0.6) is 0 Å². The summed E-state index contributed by atoms with van der Waals surface area (Å²) in [7, 11) is 0. The van der Waals surface area contributed by atoms with Gasteiger partial charge in [-0.25, -0.2) is 0 Å². The minimum atomic E-state index is -0.248. The molecule has 2 nitrogen and oxygen atoms in total. The van der Waals surface area contributed by atoms with E-state index in [0.717, 1.165) is 25.7 Å². The van der Waals surface area contributed by atoms with Gasteiger partial charge in [-0.05, 0) is 37.5 Å². The number of aliphatic hydroxyl groups excluding tert-OH is 1. The van der Waals surface area contributed by atoms with Crippen molar-refractivity contribution in [1.82, 2.24) is 0 Å². The van der Waals surface area contributed by atoms with E-state index in [1.807, 2.05) is 20.8 Å². The summed E-state index contributed by atoms with van der Waals surface area (Å²) < 4.78 is 0. The summed E-state index contributed by atoms with van der Waals surface area (Å²) in [6.45, 7) is 5.97. The van der Waals surface area contributed by atoms with Crippen LogP contribution in [0.3, 0.4) is 0 Å². The van der Waals surface area contributed by atoms with Crippen LogP contribution in [0, 0.1) is 23.2 Å². The molecule has 0 spiro atoms. The molecule has 86 valence electrons. The number of ketones is 1. The van der Waals surface area contributed by atoms with E-state index in [1.165, 1.54) is 0 Å². The minimum absolute atomic E-state index is 0.132. The normalized spacial score (nSPS) is 40.5. The number of Topliss-reactive ketones (excluding diaryl/α,β-unsaturated/α-hetero) is 1. The van der Waals surface area contributed by atoms with Crippen LogP contribution in [0.25, 0.3) is 0 Å². The van der Waals surface area contributed by atoms with Crippen molar-refractivity contribution in [3.8, 4) is 0 Å². The Bertz CT molecular complexity index is 264. The monoisotopic (exact) mass is 210 g/mol. The van der Waals surface area contributed by atoms with E-state index in [2.05, 4.69) is 0 Å². The van der Waals surface area contributed by atoms with E-state index in [4.69, 9.17) is 0 Å². The second kappa shape index (κ2) is 3.58. The van der Waals surface area contributed by atoms with Gasteiger partial charge in [0.25, 0.3) is 0 Å². The zero-order chi connectivity index (χ0) is 11.2. The average molecular weight is 210 g/mol. The lowest BCUT2D eigenvalue weighted by molar-refractivity contribution is -0.132. The summed E-state index contributed by atoms with van der Waals surface area (Å²) in [6.07, 6.45) is 3.97. The number of hydrogen-bond donors (Lipinski definition) is 1. The predicted molar refractivity (Wildman–Crippen MR) is 59.4 cm³/mol. The SMILES string of the molecule is CC(C)(C)C(=O)[C@H]1CC[C@H]2CC[C@@H](O)[C@H]21. The highest BCUT2D eigenvalue weighted by molar-refractivity contribution is 5.86. The zero-order valence-corrected chi connectivity index (χ0v) is 9.99. The van der Waals surface area contributed by atoms with E-state index >= 15 is 0 Å². The van der Waals surface area contributed by atoms with E-state index in [1.54, 1.807) is 0 Å². The maximum Gasteiger partial charge on any atom is 0.141 e. The molecule has 2 fully saturated rings. The summed E-state index contributed by atoms with van der Waals surface area (Å²) >= 11 is 0. The van der Waals surface area contributed by atoms with E-state index in [0.29, 0.717) is 11.7 Å². The quantitative estimate of drug-likeness (QED) is 0.721. The van der Waals surface area contributed by atoms with Crippen LogP contribution in [-0.2, 0) is 4.79 Å². The highest BCUT2D eigenvalue weighted by Gasteiger charge is 2.49. The first kappa shape index (κ1) is 11.1. The molecule has 0 amide bonds. The molecule has 2 saturated carbocycles. The van der Waals surface area contributed by atoms with Gasteiger partial charge in [0.1, 0.15) is 5.78 Å². The summed E-state index contributed by atoms with van der Waals surface area (Å²) in [5.41, 5.74) is -0.248. The molecule has 0 aliphatic heterocycles. The van der Waals surface area contributed by atoms with Crippen molar-refractivity contribution in [2.45, 2.75) is 52.6 Å². The van der Waals surface area contributed by atoms with Gasteiger partial charge in [0.05, 0.1) is 6.10 Å². The van der Waals surface area contributed by atoms with E-state index in [-0.39, 0.29) is 23.4 Å². The van der Waals surface area contributed by atoms with Crippen molar-refractivity contribution in [3.63, 3.8) is 0 Å².